The van der Waals surface area contributed by atoms with E-state index in [-0.39, 0.29) is 11.9 Å². The summed E-state index contributed by atoms with van der Waals surface area (Å²) >= 11 is 0. The molecule has 156 valence electrons. The van der Waals surface area contributed by atoms with Crippen LogP contribution in [0.15, 0.2) is 60.9 Å². The van der Waals surface area contributed by atoms with Crippen molar-refractivity contribution in [3.63, 3.8) is 0 Å². The zero-order valence-electron chi connectivity index (χ0n) is 16.6. The molecule has 2 aliphatic rings. The monoisotopic (exact) mass is 419 g/mol. The van der Waals surface area contributed by atoms with Gasteiger partial charge in [-0.05, 0) is 60.4 Å². The number of rotatable bonds is 5. The standard InChI is InChI=1S/C25H19F2NO3/c26-17-9-16(10-18(27)11-17)23-21-6-5-19(31-14-20-4-2-8-30-20)12-22(21)25(29)24(23)15-3-1-7-28-13-15/h1,3,5-7,9-13,20H,2,4,8,14H2. The van der Waals surface area contributed by atoms with Crippen LogP contribution < -0.4 is 4.74 Å². The smallest absolute Gasteiger partial charge is 0.195 e. The Kier molecular flexibility index (Phi) is 5.08. The number of carbonyl (C=O) groups is 1. The minimum atomic E-state index is -0.703. The maximum absolute atomic E-state index is 14.0. The second-order valence-corrected chi connectivity index (χ2v) is 7.63. The lowest BCUT2D eigenvalue weighted by Gasteiger charge is -2.13. The van der Waals surface area contributed by atoms with Gasteiger partial charge >= 0.3 is 0 Å². The molecule has 3 aromatic rings. The zero-order valence-corrected chi connectivity index (χ0v) is 16.6. The van der Waals surface area contributed by atoms with E-state index in [1.165, 1.54) is 12.1 Å². The van der Waals surface area contributed by atoms with Gasteiger partial charge in [0.05, 0.1) is 6.10 Å². The molecular formula is C25H19F2NO3. The fraction of sp³-hybridized carbons (Fsp3) is 0.200. The highest BCUT2D eigenvalue weighted by molar-refractivity contribution is 6.41. The van der Waals surface area contributed by atoms with Gasteiger partial charge in [0.15, 0.2) is 5.78 Å². The summed E-state index contributed by atoms with van der Waals surface area (Å²) in [5.41, 5.74) is 2.78. The highest BCUT2D eigenvalue weighted by Gasteiger charge is 2.32. The number of hydrogen-bond donors (Lipinski definition) is 0. The fourth-order valence-electron chi connectivity index (χ4n) is 4.15. The van der Waals surface area contributed by atoms with Crippen LogP contribution in [0.2, 0.25) is 0 Å². The molecule has 1 saturated heterocycles. The van der Waals surface area contributed by atoms with Gasteiger partial charge in [-0.25, -0.2) is 8.78 Å². The number of carbonyl (C=O) groups excluding carboxylic acids is 1. The Balaban J connectivity index is 1.58. The molecule has 1 unspecified atom stereocenters. The normalized spacial score (nSPS) is 17.9. The minimum absolute atomic E-state index is 0.0545. The number of aromatic nitrogens is 1. The SMILES string of the molecule is O=C1C(c2cccnc2)=C(c2cc(F)cc(F)c2)c2ccc(OCC3CCCO3)cc21. The largest absolute Gasteiger partial charge is 0.491 e. The highest BCUT2D eigenvalue weighted by Crippen LogP contribution is 2.43. The van der Waals surface area contributed by atoms with Crippen LogP contribution in [-0.2, 0) is 4.74 Å². The van der Waals surface area contributed by atoms with E-state index in [2.05, 4.69) is 4.98 Å². The van der Waals surface area contributed by atoms with Crippen molar-refractivity contribution in [1.82, 2.24) is 4.98 Å². The molecule has 6 heteroatoms. The van der Waals surface area contributed by atoms with Crippen LogP contribution in [0, 0.1) is 11.6 Å². The van der Waals surface area contributed by atoms with Crippen LogP contribution in [0.3, 0.4) is 0 Å². The van der Waals surface area contributed by atoms with E-state index < -0.39 is 11.6 Å². The van der Waals surface area contributed by atoms with Crippen LogP contribution >= 0.6 is 0 Å². The lowest BCUT2D eigenvalue weighted by molar-refractivity contribution is 0.0679. The molecule has 0 N–H and O–H groups in total. The van der Waals surface area contributed by atoms with Gasteiger partial charge in [0, 0.05) is 47.3 Å². The van der Waals surface area contributed by atoms with E-state index in [1.54, 1.807) is 42.7 Å². The fourth-order valence-corrected chi connectivity index (χ4v) is 4.15. The molecule has 1 aliphatic heterocycles. The van der Waals surface area contributed by atoms with Crippen LogP contribution in [0.1, 0.15) is 39.9 Å². The van der Waals surface area contributed by atoms with Crippen molar-refractivity contribution in [3.8, 4) is 5.75 Å². The number of ether oxygens (including phenoxy) is 2. The van der Waals surface area contributed by atoms with Crippen molar-refractivity contribution in [2.24, 2.45) is 0 Å². The lowest BCUT2D eigenvalue weighted by Crippen LogP contribution is -2.16. The van der Waals surface area contributed by atoms with Gasteiger partial charge in [0.1, 0.15) is 24.0 Å². The molecule has 0 amide bonds. The van der Waals surface area contributed by atoms with E-state index in [1.807, 2.05) is 0 Å². The molecule has 1 aromatic heterocycles. The van der Waals surface area contributed by atoms with Crippen molar-refractivity contribution in [1.29, 1.82) is 0 Å². The molecule has 5 rings (SSSR count). The molecule has 1 fully saturated rings. The summed E-state index contributed by atoms with van der Waals surface area (Å²) in [7, 11) is 0. The van der Waals surface area contributed by atoms with Crippen molar-refractivity contribution in [2.45, 2.75) is 18.9 Å². The van der Waals surface area contributed by atoms with Gasteiger partial charge in [0.25, 0.3) is 0 Å². The van der Waals surface area contributed by atoms with E-state index in [0.717, 1.165) is 25.5 Å². The molecule has 0 saturated carbocycles. The van der Waals surface area contributed by atoms with Gasteiger partial charge < -0.3 is 9.47 Å². The van der Waals surface area contributed by atoms with Crippen LogP contribution in [0.5, 0.6) is 5.75 Å². The van der Waals surface area contributed by atoms with E-state index in [0.29, 0.717) is 45.8 Å². The van der Waals surface area contributed by atoms with Crippen molar-refractivity contribution in [3.05, 3.63) is 94.8 Å². The predicted molar refractivity (Wildman–Crippen MR) is 112 cm³/mol. The van der Waals surface area contributed by atoms with Gasteiger partial charge in [0.2, 0.25) is 0 Å². The molecule has 4 nitrogen and oxygen atoms in total. The predicted octanol–water partition coefficient (Wildman–Crippen LogP) is 5.07. The Morgan fingerprint density at radius 2 is 1.84 bits per heavy atom. The van der Waals surface area contributed by atoms with Gasteiger partial charge in [-0.15, -0.1) is 0 Å². The number of hydrogen-bond acceptors (Lipinski definition) is 4. The van der Waals surface area contributed by atoms with E-state index in [9.17, 15) is 13.6 Å². The third-order valence-electron chi connectivity index (χ3n) is 5.54. The van der Waals surface area contributed by atoms with Gasteiger partial charge in [-0.3, -0.25) is 9.78 Å². The maximum Gasteiger partial charge on any atom is 0.195 e. The Morgan fingerprint density at radius 3 is 2.55 bits per heavy atom. The van der Waals surface area contributed by atoms with Crippen molar-refractivity contribution >= 4 is 16.9 Å². The summed E-state index contributed by atoms with van der Waals surface area (Å²) in [5.74, 6) is -1.08. The quantitative estimate of drug-likeness (QED) is 0.579. The first kappa shape index (κ1) is 19.6. The maximum atomic E-state index is 14.0. The second-order valence-electron chi connectivity index (χ2n) is 7.63. The summed E-state index contributed by atoms with van der Waals surface area (Å²) in [5, 5.41) is 0. The van der Waals surface area contributed by atoms with Crippen LogP contribution in [0.4, 0.5) is 8.78 Å². The summed E-state index contributed by atoms with van der Waals surface area (Å²) in [6.45, 7) is 1.15. The number of benzene rings is 2. The first-order valence-electron chi connectivity index (χ1n) is 10.1. The average molecular weight is 419 g/mol. The summed E-state index contributed by atoms with van der Waals surface area (Å²) in [4.78, 5) is 17.5. The second kappa shape index (κ2) is 8.04. The lowest BCUT2D eigenvalue weighted by atomic mass is 9.95. The van der Waals surface area contributed by atoms with E-state index in [4.69, 9.17) is 9.47 Å². The zero-order chi connectivity index (χ0) is 21.4. The molecule has 31 heavy (non-hydrogen) atoms. The Hall–Kier alpha value is -3.38. The number of halogens is 2. The third kappa shape index (κ3) is 3.75. The third-order valence-corrected chi connectivity index (χ3v) is 5.54. The Labute approximate surface area is 178 Å². The minimum Gasteiger partial charge on any atom is -0.491 e. The molecule has 0 radical (unpaired) electrons. The van der Waals surface area contributed by atoms with Crippen molar-refractivity contribution in [2.75, 3.05) is 13.2 Å². The summed E-state index contributed by atoms with van der Waals surface area (Å²) < 4.78 is 39.4. The van der Waals surface area contributed by atoms with Crippen LogP contribution in [-0.4, -0.2) is 30.1 Å². The highest BCUT2D eigenvalue weighted by atomic mass is 19.1. The topological polar surface area (TPSA) is 48.4 Å². The van der Waals surface area contributed by atoms with Crippen molar-refractivity contribution < 1.29 is 23.0 Å². The first-order chi connectivity index (χ1) is 15.1. The number of allylic oxidation sites excluding steroid dienone is 1. The Morgan fingerprint density at radius 1 is 1.00 bits per heavy atom. The Bertz CT molecular complexity index is 1160. The number of nitrogens with zero attached hydrogens (tertiary/aromatic N) is 1. The van der Waals surface area contributed by atoms with Gasteiger partial charge in [-0.2, -0.15) is 0 Å². The molecule has 1 aliphatic carbocycles. The van der Waals surface area contributed by atoms with Crippen LogP contribution in [0.25, 0.3) is 11.1 Å². The molecule has 2 heterocycles. The molecule has 1 atom stereocenters. The number of pyridine rings is 1. The molecule has 0 bridgehead atoms. The first-order valence-corrected chi connectivity index (χ1v) is 10.1. The average Bonchev–Trinajstić information content (AvgIpc) is 3.38. The molecule has 2 aromatic carbocycles. The summed E-state index contributed by atoms with van der Waals surface area (Å²) in [6, 6.07) is 12.0. The number of Topliss-reactive ketones (excluding diaryl/α,β-unsaturated/α-hetero) is 1. The number of fused-ring (bicyclic) bond motifs is 1. The van der Waals surface area contributed by atoms with E-state index >= 15 is 0 Å². The number of ketones is 1. The summed E-state index contributed by atoms with van der Waals surface area (Å²) in [6.07, 6.45) is 5.20. The molecular weight excluding hydrogens is 400 g/mol. The van der Waals surface area contributed by atoms with Gasteiger partial charge in [-0.1, -0.05) is 6.07 Å². The molecule has 0 spiro atoms.